The molecule has 2 aromatic heterocycles. The Morgan fingerprint density at radius 3 is 2.37 bits per heavy atom. The van der Waals surface area contributed by atoms with Crippen molar-refractivity contribution in [3.05, 3.63) is 41.7 Å². The van der Waals surface area contributed by atoms with Gasteiger partial charge in [-0.25, -0.2) is 0 Å². The van der Waals surface area contributed by atoms with Crippen molar-refractivity contribution >= 4 is 17.5 Å². The van der Waals surface area contributed by atoms with Crippen molar-refractivity contribution in [3.63, 3.8) is 0 Å². The number of aromatic nitrogens is 3. The molecule has 10 heteroatoms. The summed E-state index contributed by atoms with van der Waals surface area (Å²) in [6.07, 6.45) is -3.54. The molecule has 0 radical (unpaired) electrons. The summed E-state index contributed by atoms with van der Waals surface area (Å²) in [5.41, 5.74) is -0.866. The number of pyridine rings is 1. The number of rotatable bonds is 4. The molecule has 0 spiro atoms. The van der Waals surface area contributed by atoms with Crippen LogP contribution in [0.1, 0.15) is 23.0 Å². The van der Waals surface area contributed by atoms with Crippen LogP contribution in [-0.4, -0.2) is 58.7 Å². The quantitative estimate of drug-likeness (QED) is 0.877. The molecule has 3 heterocycles. The standard InChI is InChI=1S/C17H19F3N6O/c1-2-21-14-5-6-15(24-23-14)25-7-9-26(10-8-25)16(27)12-3-4-13(22-11-12)17(18,19)20/h3-6,11H,2,7-10H2,1H3,(H,21,23). The summed E-state index contributed by atoms with van der Waals surface area (Å²) < 4.78 is 37.7. The number of hydrogen-bond acceptors (Lipinski definition) is 6. The second-order valence-corrected chi connectivity index (χ2v) is 6.02. The molecule has 0 aromatic carbocycles. The summed E-state index contributed by atoms with van der Waals surface area (Å²) in [4.78, 5) is 19.4. The number of carbonyl (C=O) groups is 1. The maximum absolute atomic E-state index is 12.6. The molecule has 7 nitrogen and oxygen atoms in total. The van der Waals surface area contributed by atoms with Gasteiger partial charge in [-0.1, -0.05) is 0 Å². The molecule has 3 rings (SSSR count). The molecular formula is C17H19F3N6O. The minimum Gasteiger partial charge on any atom is -0.369 e. The van der Waals surface area contributed by atoms with Crippen molar-refractivity contribution in [2.24, 2.45) is 0 Å². The van der Waals surface area contributed by atoms with Crippen LogP contribution in [0.2, 0.25) is 0 Å². The van der Waals surface area contributed by atoms with E-state index in [1.165, 1.54) is 0 Å². The van der Waals surface area contributed by atoms with E-state index in [2.05, 4.69) is 20.5 Å². The number of halogens is 3. The van der Waals surface area contributed by atoms with Crippen molar-refractivity contribution in [2.75, 3.05) is 42.9 Å². The lowest BCUT2D eigenvalue weighted by atomic mass is 10.2. The number of hydrogen-bond donors (Lipinski definition) is 1. The number of piperazine rings is 1. The fourth-order valence-corrected chi connectivity index (χ4v) is 2.78. The van der Waals surface area contributed by atoms with Gasteiger partial charge in [-0.05, 0) is 31.2 Å². The highest BCUT2D eigenvalue weighted by atomic mass is 19.4. The van der Waals surface area contributed by atoms with Gasteiger partial charge < -0.3 is 15.1 Å². The Morgan fingerprint density at radius 1 is 1.11 bits per heavy atom. The third-order valence-corrected chi connectivity index (χ3v) is 4.20. The van der Waals surface area contributed by atoms with Crippen molar-refractivity contribution in [1.29, 1.82) is 0 Å². The molecule has 1 aliphatic rings. The van der Waals surface area contributed by atoms with E-state index in [0.29, 0.717) is 32.0 Å². The zero-order valence-corrected chi connectivity index (χ0v) is 14.7. The first-order valence-electron chi connectivity index (χ1n) is 8.53. The molecule has 0 aliphatic carbocycles. The third kappa shape index (κ3) is 4.44. The highest BCUT2D eigenvalue weighted by Crippen LogP contribution is 2.27. The number of nitrogens with zero attached hydrogens (tertiary/aromatic N) is 5. The topological polar surface area (TPSA) is 74.2 Å². The lowest BCUT2D eigenvalue weighted by Crippen LogP contribution is -2.49. The Labute approximate surface area is 154 Å². The second-order valence-electron chi connectivity index (χ2n) is 6.02. The molecule has 27 heavy (non-hydrogen) atoms. The molecular weight excluding hydrogens is 361 g/mol. The number of alkyl halides is 3. The maximum Gasteiger partial charge on any atom is 0.433 e. The smallest absolute Gasteiger partial charge is 0.369 e. The van der Waals surface area contributed by atoms with E-state index >= 15 is 0 Å². The van der Waals surface area contributed by atoms with Crippen molar-refractivity contribution in [2.45, 2.75) is 13.1 Å². The molecule has 1 aliphatic heterocycles. The lowest BCUT2D eigenvalue weighted by Gasteiger charge is -2.35. The molecule has 1 N–H and O–H groups in total. The summed E-state index contributed by atoms with van der Waals surface area (Å²) in [5.74, 6) is 1.09. The summed E-state index contributed by atoms with van der Waals surface area (Å²) >= 11 is 0. The van der Waals surface area contributed by atoms with Crippen LogP contribution in [0.3, 0.4) is 0 Å². The first kappa shape index (κ1) is 18.9. The van der Waals surface area contributed by atoms with E-state index in [4.69, 9.17) is 0 Å². The molecule has 0 bridgehead atoms. The van der Waals surface area contributed by atoms with Crippen LogP contribution in [0.15, 0.2) is 30.5 Å². The normalized spacial score (nSPS) is 15.0. The van der Waals surface area contributed by atoms with Gasteiger partial charge in [0.15, 0.2) is 5.82 Å². The van der Waals surface area contributed by atoms with Gasteiger partial charge >= 0.3 is 6.18 Å². The molecule has 0 atom stereocenters. The van der Waals surface area contributed by atoms with E-state index in [0.717, 1.165) is 30.7 Å². The van der Waals surface area contributed by atoms with Gasteiger partial charge in [0.1, 0.15) is 11.5 Å². The molecule has 1 amide bonds. The van der Waals surface area contributed by atoms with Gasteiger partial charge in [0.25, 0.3) is 5.91 Å². The molecule has 1 fully saturated rings. The summed E-state index contributed by atoms with van der Waals surface area (Å²) in [7, 11) is 0. The highest BCUT2D eigenvalue weighted by Gasteiger charge is 2.32. The van der Waals surface area contributed by atoms with Gasteiger partial charge in [0, 0.05) is 38.9 Å². The number of anilines is 2. The van der Waals surface area contributed by atoms with Crippen LogP contribution in [0.25, 0.3) is 0 Å². The van der Waals surface area contributed by atoms with Gasteiger partial charge in [-0.3, -0.25) is 9.78 Å². The predicted molar refractivity (Wildman–Crippen MR) is 93.6 cm³/mol. The second kappa shape index (κ2) is 7.77. The molecule has 0 unspecified atom stereocenters. The van der Waals surface area contributed by atoms with Crippen LogP contribution in [0, 0.1) is 0 Å². The number of carbonyl (C=O) groups excluding carboxylic acids is 1. The fraction of sp³-hybridized carbons (Fsp3) is 0.412. The fourth-order valence-electron chi connectivity index (χ4n) is 2.78. The molecule has 144 valence electrons. The predicted octanol–water partition coefficient (Wildman–Crippen LogP) is 2.28. The van der Waals surface area contributed by atoms with E-state index in [9.17, 15) is 18.0 Å². The lowest BCUT2D eigenvalue weighted by molar-refractivity contribution is -0.141. The van der Waals surface area contributed by atoms with E-state index in [1.807, 2.05) is 24.0 Å². The van der Waals surface area contributed by atoms with Crippen LogP contribution in [-0.2, 0) is 6.18 Å². The number of nitrogens with one attached hydrogen (secondary N) is 1. The number of amides is 1. The molecule has 2 aromatic rings. The summed E-state index contributed by atoms with van der Waals surface area (Å²) in [6.45, 7) is 4.74. The van der Waals surface area contributed by atoms with Crippen LogP contribution in [0.5, 0.6) is 0 Å². The maximum atomic E-state index is 12.6. The minimum atomic E-state index is -4.52. The van der Waals surface area contributed by atoms with Crippen LogP contribution >= 0.6 is 0 Å². The highest BCUT2D eigenvalue weighted by molar-refractivity contribution is 5.94. The van der Waals surface area contributed by atoms with E-state index in [-0.39, 0.29) is 11.5 Å². The van der Waals surface area contributed by atoms with Gasteiger partial charge in [-0.15, -0.1) is 10.2 Å². The summed E-state index contributed by atoms with van der Waals surface area (Å²) in [5, 5.41) is 11.3. The van der Waals surface area contributed by atoms with Crippen LogP contribution < -0.4 is 10.2 Å². The van der Waals surface area contributed by atoms with Crippen molar-refractivity contribution < 1.29 is 18.0 Å². The first-order chi connectivity index (χ1) is 12.9. The third-order valence-electron chi connectivity index (χ3n) is 4.20. The zero-order valence-electron chi connectivity index (χ0n) is 14.7. The van der Waals surface area contributed by atoms with Crippen molar-refractivity contribution in [1.82, 2.24) is 20.1 Å². The Bertz CT molecular complexity index is 771. The first-order valence-corrected chi connectivity index (χ1v) is 8.53. The monoisotopic (exact) mass is 380 g/mol. The van der Waals surface area contributed by atoms with Gasteiger partial charge in [0.2, 0.25) is 0 Å². The van der Waals surface area contributed by atoms with Gasteiger partial charge in [0.05, 0.1) is 5.56 Å². The minimum absolute atomic E-state index is 0.145. The summed E-state index contributed by atoms with van der Waals surface area (Å²) in [6, 6.07) is 5.69. The van der Waals surface area contributed by atoms with Gasteiger partial charge in [-0.2, -0.15) is 13.2 Å². The Morgan fingerprint density at radius 2 is 1.85 bits per heavy atom. The van der Waals surface area contributed by atoms with Crippen LogP contribution in [0.4, 0.5) is 24.8 Å². The molecule has 0 saturated carbocycles. The zero-order chi connectivity index (χ0) is 19.4. The molecule has 1 saturated heterocycles. The Balaban J connectivity index is 1.59. The largest absolute Gasteiger partial charge is 0.433 e. The SMILES string of the molecule is CCNc1ccc(N2CCN(C(=O)c3ccc(C(F)(F)F)nc3)CC2)nn1. The Kier molecular flexibility index (Phi) is 5.43. The Hall–Kier alpha value is -2.91. The van der Waals surface area contributed by atoms with Crippen molar-refractivity contribution in [3.8, 4) is 0 Å². The average Bonchev–Trinajstić information content (AvgIpc) is 2.68. The van der Waals surface area contributed by atoms with E-state index in [1.54, 1.807) is 4.90 Å². The van der Waals surface area contributed by atoms with E-state index < -0.39 is 11.9 Å². The average molecular weight is 380 g/mol.